The molecule has 1 aromatic carbocycles. The van der Waals surface area contributed by atoms with E-state index in [9.17, 15) is 18.5 Å². The first kappa shape index (κ1) is 15.9. The first-order valence-corrected chi connectivity index (χ1v) is 8.28. The lowest BCUT2D eigenvalue weighted by molar-refractivity contribution is -0.385. The highest BCUT2D eigenvalue weighted by Gasteiger charge is 2.22. The van der Waals surface area contributed by atoms with Gasteiger partial charge in [0.15, 0.2) is 0 Å². The van der Waals surface area contributed by atoms with Crippen LogP contribution >= 0.6 is 0 Å². The van der Waals surface area contributed by atoms with Crippen LogP contribution in [0.5, 0.6) is 0 Å². The molecule has 1 fully saturated rings. The molecule has 2 rings (SSSR count). The number of hydrogen-bond acceptors (Lipinski definition) is 5. The Morgan fingerprint density at radius 3 is 2.52 bits per heavy atom. The molecule has 0 spiro atoms. The summed E-state index contributed by atoms with van der Waals surface area (Å²) in [5, 5.41) is 14.2. The van der Waals surface area contributed by atoms with Gasteiger partial charge in [-0.05, 0) is 38.3 Å². The van der Waals surface area contributed by atoms with Crippen molar-refractivity contribution in [2.24, 2.45) is 0 Å². The molecule has 0 aromatic heterocycles. The predicted molar refractivity (Wildman–Crippen MR) is 78.8 cm³/mol. The molecule has 1 saturated carbocycles. The molecule has 7 nitrogen and oxygen atoms in total. The minimum absolute atomic E-state index is 0.0660. The second-order valence-electron chi connectivity index (χ2n) is 5.27. The van der Waals surface area contributed by atoms with Crippen LogP contribution in [0.2, 0.25) is 0 Å². The SMILES string of the molecule is Cc1cc(S(=O)(=O)NCCNC2CC2)cc([N+](=O)[O-])c1C. The number of hydrogen-bond donors (Lipinski definition) is 2. The molecule has 8 heteroatoms. The third-order valence-electron chi connectivity index (χ3n) is 3.55. The Balaban J connectivity index is 2.12. The summed E-state index contributed by atoms with van der Waals surface area (Å²) in [6, 6.07) is 3.08. The van der Waals surface area contributed by atoms with Crippen molar-refractivity contribution in [3.8, 4) is 0 Å². The Morgan fingerprint density at radius 1 is 1.29 bits per heavy atom. The standard InChI is InChI=1S/C13H19N3O4S/c1-9-7-12(8-13(10(9)2)16(17)18)21(19,20)15-6-5-14-11-3-4-11/h7-8,11,14-15H,3-6H2,1-2H3. The molecule has 0 aliphatic heterocycles. The summed E-state index contributed by atoms with van der Waals surface area (Å²) in [7, 11) is -3.73. The number of nitrogens with zero attached hydrogens (tertiary/aromatic N) is 1. The van der Waals surface area contributed by atoms with Crippen LogP contribution in [0, 0.1) is 24.0 Å². The summed E-state index contributed by atoms with van der Waals surface area (Å²) in [4.78, 5) is 10.4. The maximum Gasteiger partial charge on any atom is 0.273 e. The van der Waals surface area contributed by atoms with Crippen molar-refractivity contribution >= 4 is 15.7 Å². The van der Waals surface area contributed by atoms with E-state index in [-0.39, 0.29) is 17.1 Å². The minimum Gasteiger partial charge on any atom is -0.313 e. The third kappa shape index (κ3) is 3.99. The van der Waals surface area contributed by atoms with Gasteiger partial charge in [0.25, 0.3) is 5.69 Å². The number of nitro groups is 1. The Morgan fingerprint density at radius 2 is 1.95 bits per heavy atom. The number of benzene rings is 1. The van der Waals surface area contributed by atoms with E-state index in [1.165, 1.54) is 6.07 Å². The fraction of sp³-hybridized carbons (Fsp3) is 0.538. The van der Waals surface area contributed by atoms with Gasteiger partial charge in [-0.25, -0.2) is 13.1 Å². The zero-order valence-electron chi connectivity index (χ0n) is 12.0. The molecule has 0 heterocycles. The van der Waals surface area contributed by atoms with Crippen molar-refractivity contribution in [1.82, 2.24) is 10.0 Å². The molecule has 1 aromatic rings. The monoisotopic (exact) mass is 313 g/mol. The quantitative estimate of drug-likeness (QED) is 0.448. The van der Waals surface area contributed by atoms with Gasteiger partial charge >= 0.3 is 0 Å². The van der Waals surface area contributed by atoms with Crippen LogP contribution in [0.3, 0.4) is 0 Å². The lowest BCUT2D eigenvalue weighted by Gasteiger charge is -2.09. The topological polar surface area (TPSA) is 101 Å². The third-order valence-corrected chi connectivity index (χ3v) is 4.99. The van der Waals surface area contributed by atoms with Crippen LogP contribution in [0.25, 0.3) is 0 Å². The van der Waals surface area contributed by atoms with Crippen molar-refractivity contribution in [3.63, 3.8) is 0 Å². The second kappa shape index (κ2) is 6.08. The number of nitrogens with one attached hydrogen (secondary N) is 2. The molecule has 0 atom stereocenters. The van der Waals surface area contributed by atoms with Crippen molar-refractivity contribution in [1.29, 1.82) is 0 Å². The molecule has 1 aliphatic rings. The molecule has 0 bridgehead atoms. The average molecular weight is 313 g/mol. The fourth-order valence-corrected chi connectivity index (χ4v) is 3.12. The molecule has 0 amide bonds. The highest BCUT2D eigenvalue weighted by atomic mass is 32.2. The van der Waals surface area contributed by atoms with E-state index in [0.717, 1.165) is 18.9 Å². The number of nitro benzene ring substituents is 1. The maximum atomic E-state index is 12.2. The molecule has 1 aliphatic carbocycles. The summed E-state index contributed by atoms with van der Waals surface area (Å²) in [5.74, 6) is 0. The molecule has 0 radical (unpaired) electrons. The van der Waals surface area contributed by atoms with E-state index in [4.69, 9.17) is 0 Å². The number of sulfonamides is 1. The smallest absolute Gasteiger partial charge is 0.273 e. The molecular formula is C13H19N3O4S. The normalized spacial score (nSPS) is 15.1. The summed E-state index contributed by atoms with van der Waals surface area (Å²) in [6.07, 6.45) is 2.27. The van der Waals surface area contributed by atoms with Gasteiger partial charge in [0, 0.05) is 30.8 Å². The first-order chi connectivity index (χ1) is 9.81. The zero-order chi connectivity index (χ0) is 15.6. The highest BCUT2D eigenvalue weighted by molar-refractivity contribution is 7.89. The van der Waals surface area contributed by atoms with Crippen LogP contribution < -0.4 is 10.0 Å². The predicted octanol–water partition coefficient (Wildman–Crippen LogP) is 1.24. The van der Waals surface area contributed by atoms with Crippen LogP contribution in [-0.2, 0) is 10.0 Å². The minimum atomic E-state index is -3.73. The van der Waals surface area contributed by atoms with Gasteiger partial charge in [0.2, 0.25) is 10.0 Å². The van der Waals surface area contributed by atoms with Gasteiger partial charge < -0.3 is 5.32 Å². The Labute approximate surface area is 123 Å². The molecular weight excluding hydrogens is 294 g/mol. The Bertz CT molecular complexity index is 654. The van der Waals surface area contributed by atoms with Crippen molar-refractivity contribution in [2.45, 2.75) is 37.6 Å². The van der Waals surface area contributed by atoms with E-state index in [0.29, 0.717) is 23.7 Å². The van der Waals surface area contributed by atoms with Crippen LogP contribution in [0.4, 0.5) is 5.69 Å². The molecule has 2 N–H and O–H groups in total. The second-order valence-corrected chi connectivity index (χ2v) is 7.03. The lowest BCUT2D eigenvalue weighted by Crippen LogP contribution is -2.32. The van der Waals surface area contributed by atoms with Gasteiger partial charge in [0.05, 0.1) is 9.82 Å². The Kier molecular flexibility index (Phi) is 4.60. The van der Waals surface area contributed by atoms with E-state index in [1.807, 2.05) is 0 Å². The maximum absolute atomic E-state index is 12.2. The molecule has 116 valence electrons. The molecule has 21 heavy (non-hydrogen) atoms. The van der Waals surface area contributed by atoms with Gasteiger partial charge in [-0.2, -0.15) is 0 Å². The zero-order valence-corrected chi connectivity index (χ0v) is 12.9. The van der Waals surface area contributed by atoms with Crippen LogP contribution in [0.15, 0.2) is 17.0 Å². The fourth-order valence-electron chi connectivity index (χ4n) is 1.99. The van der Waals surface area contributed by atoms with Crippen molar-refractivity contribution < 1.29 is 13.3 Å². The average Bonchev–Trinajstić information content (AvgIpc) is 3.21. The van der Waals surface area contributed by atoms with Crippen LogP contribution in [-0.4, -0.2) is 32.5 Å². The number of rotatable bonds is 7. The number of aryl methyl sites for hydroxylation is 1. The summed E-state index contributed by atoms with van der Waals surface area (Å²) < 4.78 is 26.8. The van der Waals surface area contributed by atoms with Gasteiger partial charge in [-0.15, -0.1) is 0 Å². The molecule has 0 saturated heterocycles. The van der Waals surface area contributed by atoms with E-state index in [1.54, 1.807) is 13.8 Å². The van der Waals surface area contributed by atoms with E-state index < -0.39 is 14.9 Å². The van der Waals surface area contributed by atoms with Crippen molar-refractivity contribution in [3.05, 3.63) is 33.4 Å². The van der Waals surface area contributed by atoms with E-state index in [2.05, 4.69) is 10.0 Å². The van der Waals surface area contributed by atoms with Gasteiger partial charge in [0.1, 0.15) is 0 Å². The van der Waals surface area contributed by atoms with E-state index >= 15 is 0 Å². The molecule has 0 unspecified atom stereocenters. The Hall–Kier alpha value is -1.51. The van der Waals surface area contributed by atoms with Gasteiger partial charge in [-0.1, -0.05) is 0 Å². The summed E-state index contributed by atoms with van der Waals surface area (Å²) in [6.45, 7) is 4.09. The lowest BCUT2D eigenvalue weighted by atomic mass is 10.1. The van der Waals surface area contributed by atoms with Gasteiger partial charge in [-0.3, -0.25) is 10.1 Å². The first-order valence-electron chi connectivity index (χ1n) is 6.80. The summed E-state index contributed by atoms with van der Waals surface area (Å²) in [5.41, 5.74) is 0.890. The van der Waals surface area contributed by atoms with Crippen molar-refractivity contribution in [2.75, 3.05) is 13.1 Å². The van der Waals surface area contributed by atoms with Crippen LogP contribution in [0.1, 0.15) is 24.0 Å². The highest BCUT2D eigenvalue weighted by Crippen LogP contribution is 2.25. The largest absolute Gasteiger partial charge is 0.313 e. The summed E-state index contributed by atoms with van der Waals surface area (Å²) >= 11 is 0.